The van der Waals surface area contributed by atoms with Crippen molar-refractivity contribution in [2.45, 2.75) is 6.04 Å². The maximum absolute atomic E-state index is 13.8. The second kappa shape index (κ2) is 4.62. The van der Waals surface area contributed by atoms with Crippen molar-refractivity contribution in [3.05, 3.63) is 59.4 Å². The lowest BCUT2D eigenvalue weighted by molar-refractivity contribution is 0.339. The number of hydrogen-bond acceptors (Lipinski definition) is 3. The standard InChI is InChI=1S/C15H11FN2O/c16-12-7-10(8-17)5-6-13(12)18-14-9-19-15-4-2-1-3-11(14)15/h1-7,14,18H,9H2. The molecule has 1 aliphatic rings. The summed E-state index contributed by atoms with van der Waals surface area (Å²) in [6.07, 6.45) is 0. The predicted octanol–water partition coefficient (Wildman–Crippen LogP) is 3.24. The molecule has 19 heavy (non-hydrogen) atoms. The zero-order valence-corrected chi connectivity index (χ0v) is 10.1. The molecule has 1 heterocycles. The number of anilines is 1. The number of nitriles is 1. The lowest BCUT2D eigenvalue weighted by atomic mass is 10.1. The Bertz CT molecular complexity index is 663. The molecule has 4 heteroatoms. The van der Waals surface area contributed by atoms with Crippen molar-refractivity contribution in [3.63, 3.8) is 0 Å². The van der Waals surface area contributed by atoms with Crippen molar-refractivity contribution in [2.24, 2.45) is 0 Å². The minimum absolute atomic E-state index is 0.0707. The summed E-state index contributed by atoms with van der Waals surface area (Å²) in [6, 6.07) is 13.9. The van der Waals surface area contributed by atoms with E-state index in [1.54, 1.807) is 12.1 Å². The molecular weight excluding hydrogens is 243 g/mol. The second-order valence-corrected chi connectivity index (χ2v) is 4.35. The van der Waals surface area contributed by atoms with Gasteiger partial charge in [0.1, 0.15) is 18.2 Å². The molecule has 0 aliphatic carbocycles. The van der Waals surface area contributed by atoms with Crippen LogP contribution in [0.25, 0.3) is 0 Å². The molecule has 0 fully saturated rings. The Morgan fingerprint density at radius 1 is 1.26 bits per heavy atom. The first-order chi connectivity index (χ1) is 9.28. The van der Waals surface area contributed by atoms with Crippen LogP contribution in [0.1, 0.15) is 17.2 Å². The number of hydrogen-bond donors (Lipinski definition) is 1. The number of benzene rings is 2. The van der Waals surface area contributed by atoms with Gasteiger partial charge in [-0.2, -0.15) is 5.26 Å². The molecule has 1 aliphatic heterocycles. The van der Waals surface area contributed by atoms with E-state index in [0.717, 1.165) is 11.3 Å². The van der Waals surface area contributed by atoms with Crippen molar-refractivity contribution in [1.29, 1.82) is 5.26 Å². The molecular formula is C15H11FN2O. The van der Waals surface area contributed by atoms with Gasteiger partial charge in [-0.15, -0.1) is 0 Å². The van der Waals surface area contributed by atoms with Gasteiger partial charge in [-0.3, -0.25) is 0 Å². The van der Waals surface area contributed by atoms with E-state index in [9.17, 15) is 4.39 Å². The van der Waals surface area contributed by atoms with E-state index in [1.165, 1.54) is 6.07 Å². The van der Waals surface area contributed by atoms with Crippen LogP contribution < -0.4 is 10.1 Å². The fourth-order valence-electron chi connectivity index (χ4n) is 2.17. The van der Waals surface area contributed by atoms with Crippen LogP contribution in [-0.4, -0.2) is 6.61 Å². The first-order valence-corrected chi connectivity index (χ1v) is 5.96. The number of nitrogens with one attached hydrogen (secondary N) is 1. The van der Waals surface area contributed by atoms with Gasteiger partial charge in [-0.1, -0.05) is 18.2 Å². The molecule has 3 nitrogen and oxygen atoms in total. The van der Waals surface area contributed by atoms with Crippen molar-refractivity contribution >= 4 is 5.69 Å². The highest BCUT2D eigenvalue weighted by Gasteiger charge is 2.24. The SMILES string of the molecule is N#Cc1ccc(NC2COc3ccccc32)c(F)c1. The smallest absolute Gasteiger partial charge is 0.147 e. The van der Waals surface area contributed by atoms with Crippen LogP contribution in [-0.2, 0) is 0 Å². The van der Waals surface area contributed by atoms with E-state index >= 15 is 0 Å². The predicted molar refractivity (Wildman–Crippen MR) is 69.4 cm³/mol. The number of rotatable bonds is 2. The van der Waals surface area contributed by atoms with Gasteiger partial charge in [0, 0.05) is 5.56 Å². The highest BCUT2D eigenvalue weighted by Crippen LogP contribution is 2.34. The lowest BCUT2D eigenvalue weighted by Crippen LogP contribution is -2.13. The third-order valence-corrected chi connectivity index (χ3v) is 3.13. The monoisotopic (exact) mass is 254 g/mol. The Morgan fingerprint density at radius 2 is 2.11 bits per heavy atom. The summed E-state index contributed by atoms with van der Waals surface area (Å²) < 4.78 is 19.3. The van der Waals surface area contributed by atoms with Gasteiger partial charge < -0.3 is 10.1 Å². The molecule has 3 rings (SSSR count). The highest BCUT2D eigenvalue weighted by molar-refractivity contribution is 5.52. The van der Waals surface area contributed by atoms with Crippen LogP contribution in [0.15, 0.2) is 42.5 Å². The fraction of sp³-hybridized carbons (Fsp3) is 0.133. The summed E-state index contributed by atoms with van der Waals surface area (Å²) in [5.74, 6) is 0.400. The van der Waals surface area contributed by atoms with Crippen LogP contribution in [0.3, 0.4) is 0 Å². The van der Waals surface area contributed by atoms with Gasteiger partial charge in [0.2, 0.25) is 0 Å². The molecule has 2 aromatic carbocycles. The second-order valence-electron chi connectivity index (χ2n) is 4.35. The fourth-order valence-corrected chi connectivity index (χ4v) is 2.17. The first-order valence-electron chi connectivity index (χ1n) is 5.96. The highest BCUT2D eigenvalue weighted by atomic mass is 19.1. The number of halogens is 1. The van der Waals surface area contributed by atoms with Crippen LogP contribution in [0, 0.1) is 17.1 Å². The quantitative estimate of drug-likeness (QED) is 0.894. The van der Waals surface area contributed by atoms with Crippen LogP contribution in [0.5, 0.6) is 5.75 Å². The molecule has 94 valence electrons. The molecule has 0 amide bonds. The average molecular weight is 254 g/mol. The van der Waals surface area contributed by atoms with Gasteiger partial charge in [0.25, 0.3) is 0 Å². The Labute approximate surface area is 110 Å². The molecule has 2 aromatic rings. The van der Waals surface area contributed by atoms with E-state index in [-0.39, 0.29) is 6.04 Å². The van der Waals surface area contributed by atoms with Crippen LogP contribution >= 0.6 is 0 Å². The molecule has 0 bridgehead atoms. The van der Waals surface area contributed by atoms with E-state index in [0.29, 0.717) is 17.9 Å². The van der Waals surface area contributed by atoms with E-state index in [4.69, 9.17) is 10.00 Å². The Morgan fingerprint density at radius 3 is 2.89 bits per heavy atom. The largest absolute Gasteiger partial charge is 0.491 e. The van der Waals surface area contributed by atoms with E-state index in [2.05, 4.69) is 5.32 Å². The normalized spacial score (nSPS) is 16.3. The third-order valence-electron chi connectivity index (χ3n) is 3.13. The maximum Gasteiger partial charge on any atom is 0.147 e. The summed E-state index contributed by atoms with van der Waals surface area (Å²) in [7, 11) is 0. The summed E-state index contributed by atoms with van der Waals surface area (Å²) in [4.78, 5) is 0. The van der Waals surface area contributed by atoms with Gasteiger partial charge in [-0.05, 0) is 24.3 Å². The summed E-state index contributed by atoms with van der Waals surface area (Å²) in [5, 5.41) is 11.8. The summed E-state index contributed by atoms with van der Waals surface area (Å²) >= 11 is 0. The Kier molecular flexibility index (Phi) is 2.81. The van der Waals surface area contributed by atoms with Crippen LogP contribution in [0.4, 0.5) is 10.1 Å². The molecule has 0 saturated heterocycles. The number of fused-ring (bicyclic) bond motifs is 1. The van der Waals surface area contributed by atoms with Crippen molar-refractivity contribution in [3.8, 4) is 11.8 Å². The van der Waals surface area contributed by atoms with Gasteiger partial charge in [-0.25, -0.2) is 4.39 Å². The molecule has 1 N–H and O–H groups in total. The molecule has 1 atom stereocenters. The van der Waals surface area contributed by atoms with Gasteiger partial charge in [0.05, 0.1) is 23.4 Å². The topological polar surface area (TPSA) is 45.0 Å². The van der Waals surface area contributed by atoms with Crippen molar-refractivity contribution in [1.82, 2.24) is 0 Å². The zero-order chi connectivity index (χ0) is 13.2. The molecule has 0 saturated carbocycles. The lowest BCUT2D eigenvalue weighted by Gasteiger charge is -2.13. The number of para-hydroxylation sites is 1. The van der Waals surface area contributed by atoms with Gasteiger partial charge in [0.15, 0.2) is 0 Å². The first kappa shape index (κ1) is 11.5. The molecule has 1 unspecified atom stereocenters. The summed E-state index contributed by atoms with van der Waals surface area (Å²) in [5.41, 5.74) is 1.71. The third kappa shape index (κ3) is 2.11. The minimum Gasteiger partial charge on any atom is -0.491 e. The summed E-state index contributed by atoms with van der Waals surface area (Å²) in [6.45, 7) is 0.471. The van der Waals surface area contributed by atoms with E-state index < -0.39 is 5.82 Å². The molecule has 0 spiro atoms. The number of nitrogens with zero attached hydrogens (tertiary/aromatic N) is 1. The number of ether oxygens (including phenoxy) is 1. The van der Waals surface area contributed by atoms with Crippen molar-refractivity contribution in [2.75, 3.05) is 11.9 Å². The zero-order valence-electron chi connectivity index (χ0n) is 10.1. The van der Waals surface area contributed by atoms with Crippen molar-refractivity contribution < 1.29 is 9.13 Å². The Hall–Kier alpha value is -2.54. The molecule has 0 aromatic heterocycles. The van der Waals surface area contributed by atoms with E-state index in [1.807, 2.05) is 30.3 Å². The van der Waals surface area contributed by atoms with Crippen LogP contribution in [0.2, 0.25) is 0 Å². The van der Waals surface area contributed by atoms with Gasteiger partial charge >= 0.3 is 0 Å². The average Bonchev–Trinajstić information content (AvgIpc) is 2.84. The minimum atomic E-state index is -0.427. The molecule has 0 radical (unpaired) electrons. The maximum atomic E-state index is 13.8. The Balaban J connectivity index is 1.86.